The first-order valence-electron chi connectivity index (χ1n) is 7.84. The summed E-state index contributed by atoms with van der Waals surface area (Å²) < 4.78 is 43.2. The van der Waals surface area contributed by atoms with Gasteiger partial charge in [-0.3, -0.25) is 4.79 Å². The second kappa shape index (κ2) is 8.89. The van der Waals surface area contributed by atoms with E-state index < -0.39 is 11.7 Å². The topological polar surface area (TPSA) is 38.3 Å². The van der Waals surface area contributed by atoms with Crippen molar-refractivity contribution < 1.29 is 22.7 Å². The Kier molecular flexibility index (Phi) is 6.60. The van der Waals surface area contributed by atoms with Crippen molar-refractivity contribution in [3.63, 3.8) is 0 Å². The number of benzene rings is 2. The van der Waals surface area contributed by atoms with Crippen molar-refractivity contribution in [2.45, 2.75) is 12.8 Å². The first-order chi connectivity index (χ1) is 12.4. The van der Waals surface area contributed by atoms with Gasteiger partial charge in [0.15, 0.2) is 0 Å². The van der Waals surface area contributed by atoms with E-state index in [0.717, 1.165) is 17.7 Å². The van der Waals surface area contributed by atoms with E-state index in [1.807, 2.05) is 6.07 Å². The van der Waals surface area contributed by atoms with Crippen molar-refractivity contribution in [3.8, 4) is 5.75 Å². The molecule has 0 aliphatic rings. The van der Waals surface area contributed by atoms with Crippen LogP contribution in [0.1, 0.15) is 16.7 Å². The van der Waals surface area contributed by atoms with E-state index in [1.54, 1.807) is 30.4 Å². The summed E-state index contributed by atoms with van der Waals surface area (Å²) in [7, 11) is 0. The van der Waals surface area contributed by atoms with E-state index in [2.05, 4.69) is 11.9 Å². The summed E-state index contributed by atoms with van der Waals surface area (Å²) in [6.07, 6.45) is 0.279. The molecule has 0 aliphatic heterocycles. The molecule has 0 atom stereocenters. The fourth-order valence-electron chi connectivity index (χ4n) is 2.07. The summed E-state index contributed by atoms with van der Waals surface area (Å²) in [6.45, 7) is 4.05. The molecule has 0 radical (unpaired) electrons. The molecule has 0 saturated carbocycles. The third-order valence-electron chi connectivity index (χ3n) is 3.39. The molecule has 6 heteroatoms. The third-order valence-corrected chi connectivity index (χ3v) is 3.39. The van der Waals surface area contributed by atoms with Crippen molar-refractivity contribution in [3.05, 3.63) is 84.0 Å². The molecule has 0 heterocycles. The molecule has 136 valence electrons. The molecule has 0 unspecified atom stereocenters. The Labute approximate surface area is 149 Å². The highest BCUT2D eigenvalue weighted by atomic mass is 19.4. The van der Waals surface area contributed by atoms with Crippen LogP contribution in [0.25, 0.3) is 6.08 Å². The van der Waals surface area contributed by atoms with Crippen LogP contribution < -0.4 is 10.1 Å². The quantitative estimate of drug-likeness (QED) is 0.578. The average molecular weight is 361 g/mol. The van der Waals surface area contributed by atoms with Crippen LogP contribution in [0.15, 0.2) is 67.3 Å². The molecular weight excluding hydrogens is 343 g/mol. The number of ether oxygens (including phenoxy) is 1. The molecule has 0 spiro atoms. The number of carbonyl (C=O) groups is 1. The lowest BCUT2D eigenvalue weighted by molar-refractivity contribution is -0.137. The van der Waals surface area contributed by atoms with E-state index >= 15 is 0 Å². The first kappa shape index (κ1) is 19.3. The maximum absolute atomic E-state index is 12.5. The van der Waals surface area contributed by atoms with Crippen molar-refractivity contribution in [1.29, 1.82) is 0 Å². The van der Waals surface area contributed by atoms with E-state index in [9.17, 15) is 18.0 Å². The maximum Gasteiger partial charge on any atom is 0.416 e. The molecule has 0 saturated heterocycles. The minimum Gasteiger partial charge on any atom is -0.489 e. The van der Waals surface area contributed by atoms with Gasteiger partial charge in [0.05, 0.1) is 5.56 Å². The van der Waals surface area contributed by atoms with Gasteiger partial charge in [0.1, 0.15) is 12.4 Å². The molecule has 0 aliphatic carbocycles. The number of carbonyl (C=O) groups excluding carboxylic acids is 1. The molecule has 0 bridgehead atoms. The van der Waals surface area contributed by atoms with Gasteiger partial charge in [-0.05, 0) is 41.5 Å². The SMILES string of the molecule is C=CCNC(=O)/C=C/c1cccc(OCc2ccc(C(F)(F)F)cc2)c1. The minimum absolute atomic E-state index is 0.144. The summed E-state index contributed by atoms with van der Waals surface area (Å²) in [5.41, 5.74) is 0.703. The predicted molar refractivity (Wildman–Crippen MR) is 94.5 cm³/mol. The molecule has 2 rings (SSSR count). The van der Waals surface area contributed by atoms with Gasteiger partial charge in [0.2, 0.25) is 5.91 Å². The molecule has 26 heavy (non-hydrogen) atoms. The van der Waals surface area contributed by atoms with Crippen LogP contribution in [0.2, 0.25) is 0 Å². The Morgan fingerprint density at radius 2 is 1.88 bits per heavy atom. The summed E-state index contributed by atoms with van der Waals surface area (Å²) in [6, 6.07) is 11.9. The van der Waals surface area contributed by atoms with Gasteiger partial charge < -0.3 is 10.1 Å². The van der Waals surface area contributed by atoms with Crippen LogP contribution in [-0.2, 0) is 17.6 Å². The van der Waals surface area contributed by atoms with Crippen LogP contribution in [0.3, 0.4) is 0 Å². The second-order valence-corrected chi connectivity index (χ2v) is 5.42. The van der Waals surface area contributed by atoms with E-state index in [1.165, 1.54) is 18.2 Å². The fourth-order valence-corrected chi connectivity index (χ4v) is 2.07. The standard InChI is InChI=1S/C20H18F3NO2/c1-2-12-24-19(25)11-8-15-4-3-5-18(13-15)26-14-16-6-9-17(10-7-16)20(21,22)23/h2-11,13H,1,12,14H2,(H,24,25)/b11-8+. The van der Waals surface area contributed by atoms with Gasteiger partial charge in [-0.1, -0.05) is 30.3 Å². The Morgan fingerprint density at radius 3 is 2.54 bits per heavy atom. The summed E-state index contributed by atoms with van der Waals surface area (Å²) in [5, 5.41) is 2.62. The van der Waals surface area contributed by atoms with Gasteiger partial charge >= 0.3 is 6.18 Å². The minimum atomic E-state index is -4.35. The van der Waals surface area contributed by atoms with E-state index in [-0.39, 0.29) is 12.5 Å². The zero-order valence-corrected chi connectivity index (χ0v) is 13.9. The van der Waals surface area contributed by atoms with E-state index in [4.69, 9.17) is 4.74 Å². The molecule has 2 aromatic carbocycles. The lowest BCUT2D eigenvalue weighted by Gasteiger charge is -2.09. The smallest absolute Gasteiger partial charge is 0.416 e. The lowest BCUT2D eigenvalue weighted by atomic mass is 10.1. The Hall–Kier alpha value is -3.02. The molecule has 2 aromatic rings. The van der Waals surface area contributed by atoms with Crippen molar-refractivity contribution in [2.24, 2.45) is 0 Å². The van der Waals surface area contributed by atoms with Gasteiger partial charge in [-0.25, -0.2) is 0 Å². The number of amides is 1. The van der Waals surface area contributed by atoms with Crippen molar-refractivity contribution in [1.82, 2.24) is 5.32 Å². The fraction of sp³-hybridized carbons (Fsp3) is 0.150. The van der Waals surface area contributed by atoms with Gasteiger partial charge in [-0.15, -0.1) is 6.58 Å². The Balaban J connectivity index is 1.95. The monoisotopic (exact) mass is 361 g/mol. The predicted octanol–water partition coefficient (Wildman–Crippen LogP) is 4.60. The highest BCUT2D eigenvalue weighted by Gasteiger charge is 2.29. The Bertz CT molecular complexity index is 780. The largest absolute Gasteiger partial charge is 0.489 e. The number of alkyl halides is 3. The maximum atomic E-state index is 12.5. The number of nitrogens with one attached hydrogen (secondary N) is 1. The second-order valence-electron chi connectivity index (χ2n) is 5.42. The summed E-state index contributed by atoms with van der Waals surface area (Å²) in [4.78, 5) is 11.5. The molecule has 1 amide bonds. The van der Waals surface area contributed by atoms with Crippen molar-refractivity contribution in [2.75, 3.05) is 6.54 Å². The molecule has 3 nitrogen and oxygen atoms in total. The molecule has 0 fully saturated rings. The molecule has 1 N–H and O–H groups in total. The van der Waals surface area contributed by atoms with Gasteiger partial charge in [0.25, 0.3) is 0 Å². The van der Waals surface area contributed by atoms with E-state index in [0.29, 0.717) is 17.9 Å². The summed E-state index contributed by atoms with van der Waals surface area (Å²) >= 11 is 0. The lowest BCUT2D eigenvalue weighted by Crippen LogP contribution is -2.20. The molecular formula is C20H18F3NO2. The zero-order chi connectivity index (χ0) is 19.0. The number of rotatable bonds is 7. The number of hydrogen-bond acceptors (Lipinski definition) is 2. The van der Waals surface area contributed by atoms with Crippen LogP contribution in [0.5, 0.6) is 5.75 Å². The highest BCUT2D eigenvalue weighted by molar-refractivity contribution is 5.91. The third kappa shape index (κ3) is 6.12. The highest BCUT2D eigenvalue weighted by Crippen LogP contribution is 2.29. The number of hydrogen-bond donors (Lipinski definition) is 1. The number of halogens is 3. The van der Waals surface area contributed by atoms with Crippen LogP contribution >= 0.6 is 0 Å². The van der Waals surface area contributed by atoms with Crippen molar-refractivity contribution >= 4 is 12.0 Å². The van der Waals surface area contributed by atoms with Crippen LogP contribution in [0, 0.1) is 0 Å². The first-order valence-corrected chi connectivity index (χ1v) is 7.84. The van der Waals surface area contributed by atoms with Gasteiger partial charge in [-0.2, -0.15) is 13.2 Å². The summed E-state index contributed by atoms with van der Waals surface area (Å²) in [5.74, 6) is 0.319. The normalized spacial score (nSPS) is 11.3. The van der Waals surface area contributed by atoms with Gasteiger partial charge in [0, 0.05) is 12.6 Å². The van der Waals surface area contributed by atoms with Crippen LogP contribution in [0.4, 0.5) is 13.2 Å². The average Bonchev–Trinajstić information content (AvgIpc) is 2.63. The zero-order valence-electron chi connectivity index (χ0n) is 13.9. The molecule has 0 aromatic heterocycles. The van der Waals surface area contributed by atoms with Crippen LogP contribution in [-0.4, -0.2) is 12.5 Å². The Morgan fingerprint density at radius 1 is 1.15 bits per heavy atom.